The standard InChI is InChI=1S/C22H31N7O.C17H28FN/c1-14(25-10-5-11-26-20(23)24)15-6-8-17(9-7-15)29-13-16-12-18(22(2,3)4)27-19(16)28-21(29)30;1-6-14-10-13(9-7-8-12(2)19)11-15(16(14)18)17(3,4)5/h6-9,12-14,25H,5,10-11H2,1-4H3,(H4,23,24,26)(H,27,28,30);10-12H,6-9,19H2,1-5H3/t14-;12-/m00/s1. The number of hydrogen-bond acceptors (Lipinski definition) is 5. The van der Waals surface area contributed by atoms with E-state index in [-0.39, 0.29) is 40.4 Å². The van der Waals surface area contributed by atoms with E-state index in [9.17, 15) is 9.18 Å². The Hall–Kier alpha value is -4.02. The summed E-state index contributed by atoms with van der Waals surface area (Å²) in [5.74, 6) is 0.0989. The molecule has 2 aromatic carbocycles. The van der Waals surface area contributed by atoms with Crippen LogP contribution >= 0.6 is 0 Å². The van der Waals surface area contributed by atoms with Crippen LogP contribution in [0.1, 0.15) is 116 Å². The van der Waals surface area contributed by atoms with Gasteiger partial charge in [-0.2, -0.15) is 4.98 Å². The van der Waals surface area contributed by atoms with Gasteiger partial charge in [0.25, 0.3) is 0 Å². The number of H-pyrrole nitrogens is 1. The van der Waals surface area contributed by atoms with E-state index < -0.39 is 0 Å². The fourth-order valence-electron chi connectivity index (χ4n) is 5.56. The Kier molecular flexibility index (Phi) is 13.7. The van der Waals surface area contributed by atoms with Crippen molar-refractivity contribution in [3.63, 3.8) is 0 Å². The van der Waals surface area contributed by atoms with Gasteiger partial charge in [0.15, 0.2) is 5.96 Å². The molecule has 8 N–H and O–H groups in total. The molecule has 0 saturated carbocycles. The summed E-state index contributed by atoms with van der Waals surface area (Å²) in [6, 6.07) is 14.5. The van der Waals surface area contributed by atoms with Crippen molar-refractivity contribution in [1.82, 2.24) is 19.9 Å². The summed E-state index contributed by atoms with van der Waals surface area (Å²) in [5, 5.41) is 4.36. The fraction of sp³-hybridized carbons (Fsp3) is 0.513. The van der Waals surface area contributed by atoms with Gasteiger partial charge < -0.3 is 27.5 Å². The second-order valence-corrected chi connectivity index (χ2v) is 15.1. The molecule has 4 rings (SSSR count). The van der Waals surface area contributed by atoms with Gasteiger partial charge in [0.2, 0.25) is 0 Å². The van der Waals surface area contributed by atoms with Crippen molar-refractivity contribution in [3.05, 3.63) is 92.9 Å². The van der Waals surface area contributed by atoms with E-state index in [0.717, 1.165) is 72.1 Å². The molecule has 0 fully saturated rings. The molecule has 0 aliphatic rings. The van der Waals surface area contributed by atoms with E-state index in [4.69, 9.17) is 17.2 Å². The molecule has 0 aliphatic heterocycles. The molecule has 0 radical (unpaired) electrons. The fourth-order valence-corrected chi connectivity index (χ4v) is 5.56. The average molecular weight is 675 g/mol. The molecule has 2 atom stereocenters. The first-order chi connectivity index (χ1) is 22.9. The summed E-state index contributed by atoms with van der Waals surface area (Å²) in [7, 11) is 0. The van der Waals surface area contributed by atoms with Gasteiger partial charge in [-0.25, -0.2) is 9.18 Å². The number of aromatic amines is 1. The van der Waals surface area contributed by atoms with Crippen LogP contribution in [-0.2, 0) is 23.7 Å². The lowest BCUT2D eigenvalue weighted by molar-refractivity contribution is 0.514. The highest BCUT2D eigenvalue weighted by molar-refractivity contribution is 5.76. The van der Waals surface area contributed by atoms with Gasteiger partial charge in [0, 0.05) is 41.3 Å². The lowest BCUT2D eigenvalue weighted by Gasteiger charge is -2.22. The molecular weight excluding hydrogens is 615 g/mol. The third-order valence-corrected chi connectivity index (χ3v) is 8.59. The zero-order chi connectivity index (χ0) is 36.5. The van der Waals surface area contributed by atoms with Gasteiger partial charge in [-0.15, -0.1) is 0 Å². The maximum atomic E-state index is 14.4. The van der Waals surface area contributed by atoms with Crippen molar-refractivity contribution in [3.8, 4) is 5.69 Å². The van der Waals surface area contributed by atoms with Gasteiger partial charge in [-0.3, -0.25) is 9.56 Å². The second-order valence-electron chi connectivity index (χ2n) is 15.1. The third kappa shape index (κ3) is 11.5. The number of rotatable bonds is 12. The van der Waals surface area contributed by atoms with Gasteiger partial charge in [-0.05, 0) is 98.4 Å². The van der Waals surface area contributed by atoms with Gasteiger partial charge in [-0.1, -0.05) is 72.7 Å². The van der Waals surface area contributed by atoms with Crippen LogP contribution in [0.15, 0.2) is 58.4 Å². The molecule has 4 aromatic rings. The van der Waals surface area contributed by atoms with Crippen LogP contribution in [0.4, 0.5) is 4.39 Å². The van der Waals surface area contributed by atoms with Crippen molar-refractivity contribution in [2.45, 2.75) is 117 Å². The molecule has 2 aromatic heterocycles. The van der Waals surface area contributed by atoms with Crippen LogP contribution in [0.3, 0.4) is 0 Å². The quantitative estimate of drug-likeness (QED) is 0.0642. The molecular formula is C39H59FN8O. The predicted octanol–water partition coefficient (Wildman–Crippen LogP) is 6.68. The molecule has 0 amide bonds. The van der Waals surface area contributed by atoms with Crippen molar-refractivity contribution in [1.29, 1.82) is 0 Å². The second kappa shape index (κ2) is 17.1. The molecule has 268 valence electrons. The van der Waals surface area contributed by atoms with Crippen molar-refractivity contribution in [2.24, 2.45) is 22.2 Å². The first kappa shape index (κ1) is 39.4. The van der Waals surface area contributed by atoms with E-state index in [1.54, 1.807) is 4.57 Å². The predicted molar refractivity (Wildman–Crippen MR) is 203 cm³/mol. The summed E-state index contributed by atoms with van der Waals surface area (Å²) in [6.07, 6.45) is 6.51. The SMILES string of the molecule is CCc1cc(CCC[C@H](C)N)cc(C(C)(C)C)c1F.C[C@H](NCCCN=C(N)N)c1ccc(-n2cc3cc(C(C)(C)C)[nH]c3nc2=O)cc1. The number of nitrogens with two attached hydrogens (primary N) is 3. The lowest BCUT2D eigenvalue weighted by atomic mass is 9.83. The van der Waals surface area contributed by atoms with Crippen molar-refractivity contribution >= 4 is 17.0 Å². The number of aryl methyl sites for hydroxylation is 2. The van der Waals surface area contributed by atoms with Crippen LogP contribution in [-0.4, -0.2) is 39.6 Å². The number of nitrogens with one attached hydrogen (secondary N) is 2. The van der Waals surface area contributed by atoms with E-state index in [2.05, 4.69) is 74.8 Å². The van der Waals surface area contributed by atoms with Gasteiger partial charge in [0.05, 0.1) is 5.69 Å². The Labute approximate surface area is 292 Å². The van der Waals surface area contributed by atoms with E-state index >= 15 is 0 Å². The van der Waals surface area contributed by atoms with Crippen LogP contribution < -0.4 is 28.2 Å². The summed E-state index contributed by atoms with van der Waals surface area (Å²) >= 11 is 0. The Morgan fingerprint density at radius 2 is 1.69 bits per heavy atom. The van der Waals surface area contributed by atoms with Gasteiger partial charge in [0.1, 0.15) is 11.5 Å². The Morgan fingerprint density at radius 3 is 2.27 bits per heavy atom. The van der Waals surface area contributed by atoms with Crippen LogP contribution in [0, 0.1) is 5.82 Å². The van der Waals surface area contributed by atoms with E-state index in [1.165, 1.54) is 5.56 Å². The lowest BCUT2D eigenvalue weighted by Crippen LogP contribution is -2.24. The highest BCUT2D eigenvalue weighted by Crippen LogP contribution is 2.29. The Bertz CT molecular complexity index is 1740. The molecule has 2 heterocycles. The number of fused-ring (bicyclic) bond motifs is 1. The maximum absolute atomic E-state index is 14.4. The Morgan fingerprint density at radius 1 is 1.02 bits per heavy atom. The van der Waals surface area contributed by atoms with E-state index in [0.29, 0.717) is 12.2 Å². The number of halogens is 1. The summed E-state index contributed by atoms with van der Waals surface area (Å²) in [6.45, 7) is 20.1. The number of benzene rings is 2. The highest BCUT2D eigenvalue weighted by Gasteiger charge is 2.21. The average Bonchev–Trinajstić information content (AvgIpc) is 3.44. The zero-order valence-corrected chi connectivity index (χ0v) is 31.1. The molecule has 49 heavy (non-hydrogen) atoms. The number of hydrogen-bond donors (Lipinski definition) is 5. The minimum Gasteiger partial charge on any atom is -0.370 e. The van der Waals surface area contributed by atoms with Crippen molar-refractivity contribution < 1.29 is 4.39 Å². The van der Waals surface area contributed by atoms with Crippen molar-refractivity contribution in [2.75, 3.05) is 13.1 Å². The van der Waals surface area contributed by atoms with Crippen LogP contribution in [0.5, 0.6) is 0 Å². The molecule has 0 saturated heterocycles. The number of nitrogens with zero attached hydrogens (tertiary/aromatic N) is 3. The number of guanidine groups is 1. The summed E-state index contributed by atoms with van der Waals surface area (Å²) in [5.41, 5.74) is 22.5. The smallest absolute Gasteiger partial charge is 0.354 e. The molecule has 10 heteroatoms. The highest BCUT2D eigenvalue weighted by atomic mass is 19.1. The topological polar surface area (TPSA) is 153 Å². The van der Waals surface area contributed by atoms with Crippen LogP contribution in [0.2, 0.25) is 0 Å². The molecule has 9 nitrogen and oxygen atoms in total. The summed E-state index contributed by atoms with van der Waals surface area (Å²) in [4.78, 5) is 24.0. The minimum absolute atomic E-state index is 0.0223. The summed E-state index contributed by atoms with van der Waals surface area (Å²) < 4.78 is 16.0. The molecule has 0 unspecified atom stereocenters. The first-order valence-electron chi connectivity index (χ1n) is 17.5. The largest absolute Gasteiger partial charge is 0.370 e. The third-order valence-electron chi connectivity index (χ3n) is 8.59. The number of aromatic nitrogens is 3. The Balaban J connectivity index is 0.000000295. The van der Waals surface area contributed by atoms with E-state index in [1.807, 2.05) is 56.4 Å². The monoisotopic (exact) mass is 674 g/mol. The minimum atomic E-state index is -0.302. The van der Waals surface area contributed by atoms with Crippen LogP contribution in [0.25, 0.3) is 16.7 Å². The zero-order valence-electron chi connectivity index (χ0n) is 31.1. The molecule has 0 bridgehead atoms. The number of aliphatic imine (C=N–C) groups is 1. The molecule has 0 spiro atoms. The van der Waals surface area contributed by atoms with Gasteiger partial charge >= 0.3 is 5.69 Å². The maximum Gasteiger partial charge on any atom is 0.354 e. The first-order valence-corrected chi connectivity index (χ1v) is 17.5. The normalized spacial score (nSPS) is 13.1. The molecule has 0 aliphatic carbocycles.